The average Bonchev–Trinajstić information content (AvgIpc) is 2.30. The van der Waals surface area contributed by atoms with Crippen molar-refractivity contribution in [2.24, 2.45) is 12.8 Å². The summed E-state index contributed by atoms with van der Waals surface area (Å²) in [5.41, 5.74) is 5.13. The third-order valence-corrected chi connectivity index (χ3v) is 1.66. The van der Waals surface area contributed by atoms with E-state index in [1.807, 2.05) is 0 Å². The molecule has 0 spiro atoms. The van der Waals surface area contributed by atoms with Gasteiger partial charge in [-0.1, -0.05) is 12.2 Å². The van der Waals surface area contributed by atoms with Crippen LogP contribution in [-0.2, 0) is 13.6 Å². The van der Waals surface area contributed by atoms with E-state index in [9.17, 15) is 4.79 Å². The molecule has 66 valence electrons. The van der Waals surface area contributed by atoms with E-state index in [0.29, 0.717) is 18.0 Å². The number of thiocarbonyl (C=S) groups is 1. The Morgan fingerprint density at radius 1 is 1.83 bits per heavy atom. The number of nitrogens with two attached hydrogens (primary N) is 1. The van der Waals surface area contributed by atoms with E-state index in [1.54, 1.807) is 7.05 Å². The Kier molecular flexibility index (Phi) is 2.59. The first-order valence-electron chi connectivity index (χ1n) is 3.48. The fraction of sp³-hybridized carbons (Fsp3) is 0.500. The molecule has 12 heavy (non-hydrogen) atoms. The Labute approximate surface area is 74.8 Å². The van der Waals surface area contributed by atoms with Gasteiger partial charge in [0.15, 0.2) is 0 Å². The molecule has 0 aliphatic heterocycles. The van der Waals surface area contributed by atoms with Crippen molar-refractivity contribution < 1.29 is 0 Å². The largest absolute Gasteiger partial charge is 0.393 e. The second kappa shape index (κ2) is 3.48. The lowest BCUT2D eigenvalue weighted by molar-refractivity contribution is 0.602. The second-order valence-electron chi connectivity index (χ2n) is 2.46. The number of aryl methyl sites for hydroxylation is 2. The molecule has 1 heterocycles. The first-order valence-corrected chi connectivity index (χ1v) is 3.89. The summed E-state index contributed by atoms with van der Waals surface area (Å²) in [7, 11) is 1.65. The van der Waals surface area contributed by atoms with Crippen LogP contribution >= 0.6 is 12.2 Å². The van der Waals surface area contributed by atoms with Gasteiger partial charge in [0.1, 0.15) is 6.33 Å². The fourth-order valence-electron chi connectivity index (χ4n) is 0.790. The van der Waals surface area contributed by atoms with Crippen LogP contribution in [-0.4, -0.2) is 19.3 Å². The minimum Gasteiger partial charge on any atom is -0.393 e. The summed E-state index contributed by atoms with van der Waals surface area (Å²) in [5, 5.41) is 3.84. The summed E-state index contributed by atoms with van der Waals surface area (Å²) >= 11 is 4.67. The van der Waals surface area contributed by atoms with Crippen molar-refractivity contribution in [2.75, 3.05) is 0 Å². The van der Waals surface area contributed by atoms with E-state index >= 15 is 0 Å². The SMILES string of the molecule is Cn1cnn(CCC(N)=S)c1=O. The lowest BCUT2D eigenvalue weighted by atomic mass is 10.4. The molecule has 0 amide bonds. The van der Waals surface area contributed by atoms with Gasteiger partial charge in [0.2, 0.25) is 0 Å². The summed E-state index contributed by atoms with van der Waals surface area (Å²) in [6, 6.07) is 0. The van der Waals surface area contributed by atoms with Crippen LogP contribution in [0.5, 0.6) is 0 Å². The van der Waals surface area contributed by atoms with Gasteiger partial charge in [0.05, 0.1) is 11.5 Å². The zero-order chi connectivity index (χ0) is 9.14. The smallest absolute Gasteiger partial charge is 0.345 e. The van der Waals surface area contributed by atoms with Crippen molar-refractivity contribution in [3.8, 4) is 0 Å². The van der Waals surface area contributed by atoms with Crippen LogP contribution in [0.1, 0.15) is 6.42 Å². The number of hydrogen-bond donors (Lipinski definition) is 1. The molecule has 6 heteroatoms. The quantitative estimate of drug-likeness (QED) is 0.631. The van der Waals surface area contributed by atoms with Gasteiger partial charge in [-0.05, 0) is 0 Å². The molecular formula is C6H10N4OS. The van der Waals surface area contributed by atoms with E-state index in [0.717, 1.165) is 0 Å². The Morgan fingerprint density at radius 2 is 2.50 bits per heavy atom. The van der Waals surface area contributed by atoms with Gasteiger partial charge in [-0.2, -0.15) is 5.10 Å². The highest BCUT2D eigenvalue weighted by molar-refractivity contribution is 7.80. The summed E-state index contributed by atoms with van der Waals surface area (Å²) < 4.78 is 2.73. The van der Waals surface area contributed by atoms with Crippen LogP contribution in [0, 0.1) is 0 Å². The van der Waals surface area contributed by atoms with Gasteiger partial charge >= 0.3 is 5.69 Å². The number of aromatic nitrogens is 3. The van der Waals surface area contributed by atoms with Gasteiger partial charge in [-0.25, -0.2) is 9.48 Å². The van der Waals surface area contributed by atoms with E-state index in [2.05, 4.69) is 17.3 Å². The van der Waals surface area contributed by atoms with Crippen LogP contribution in [0.3, 0.4) is 0 Å². The Bertz CT molecular complexity index is 340. The maximum absolute atomic E-state index is 11.2. The molecule has 1 aromatic heterocycles. The molecule has 1 aromatic rings. The fourth-order valence-corrected chi connectivity index (χ4v) is 0.881. The lowest BCUT2D eigenvalue weighted by Gasteiger charge is -1.96. The molecule has 5 nitrogen and oxygen atoms in total. The zero-order valence-electron chi connectivity index (χ0n) is 6.73. The van der Waals surface area contributed by atoms with Crippen LogP contribution in [0.4, 0.5) is 0 Å². The van der Waals surface area contributed by atoms with Crippen molar-refractivity contribution in [1.29, 1.82) is 0 Å². The van der Waals surface area contributed by atoms with Crippen molar-refractivity contribution in [2.45, 2.75) is 13.0 Å². The van der Waals surface area contributed by atoms with Gasteiger partial charge in [-0.3, -0.25) is 4.57 Å². The molecule has 0 atom stereocenters. The van der Waals surface area contributed by atoms with Gasteiger partial charge < -0.3 is 5.73 Å². The number of hydrogen-bond acceptors (Lipinski definition) is 3. The molecule has 0 aromatic carbocycles. The third-order valence-electron chi connectivity index (χ3n) is 1.46. The molecule has 0 bridgehead atoms. The Morgan fingerprint density at radius 3 is 2.92 bits per heavy atom. The standard InChI is InChI=1S/C6H10N4OS/c1-9-4-8-10(6(9)11)3-2-5(7)12/h4H,2-3H2,1H3,(H2,7,12). The third kappa shape index (κ3) is 1.91. The molecule has 0 unspecified atom stereocenters. The van der Waals surface area contributed by atoms with Crippen LogP contribution in [0.25, 0.3) is 0 Å². The number of rotatable bonds is 3. The highest BCUT2D eigenvalue weighted by Gasteiger charge is 2.00. The van der Waals surface area contributed by atoms with Crippen LogP contribution in [0.2, 0.25) is 0 Å². The minimum absolute atomic E-state index is 0.147. The molecule has 0 saturated carbocycles. The normalized spacial score (nSPS) is 10.1. The molecule has 0 radical (unpaired) electrons. The lowest BCUT2D eigenvalue weighted by Crippen LogP contribution is -2.25. The van der Waals surface area contributed by atoms with Crippen molar-refractivity contribution in [1.82, 2.24) is 14.3 Å². The molecule has 0 aliphatic rings. The minimum atomic E-state index is -0.147. The maximum Gasteiger partial charge on any atom is 0.345 e. The van der Waals surface area contributed by atoms with Crippen molar-refractivity contribution in [3.63, 3.8) is 0 Å². The second-order valence-corrected chi connectivity index (χ2v) is 2.99. The summed E-state index contributed by atoms with van der Waals surface area (Å²) in [6.45, 7) is 0.453. The predicted molar refractivity (Wildman–Crippen MR) is 48.9 cm³/mol. The van der Waals surface area contributed by atoms with Gasteiger partial charge in [-0.15, -0.1) is 0 Å². The van der Waals surface area contributed by atoms with E-state index < -0.39 is 0 Å². The molecule has 0 saturated heterocycles. The average molecular weight is 186 g/mol. The molecule has 1 rings (SSSR count). The molecular weight excluding hydrogens is 176 g/mol. The highest BCUT2D eigenvalue weighted by Crippen LogP contribution is 1.84. The predicted octanol–water partition coefficient (Wildman–Crippen LogP) is -0.742. The zero-order valence-corrected chi connectivity index (χ0v) is 7.54. The van der Waals surface area contributed by atoms with Crippen molar-refractivity contribution >= 4 is 17.2 Å². The van der Waals surface area contributed by atoms with E-state index in [4.69, 9.17) is 5.73 Å². The van der Waals surface area contributed by atoms with E-state index in [-0.39, 0.29) is 5.69 Å². The first-order chi connectivity index (χ1) is 5.61. The molecule has 0 aliphatic carbocycles. The van der Waals surface area contributed by atoms with Crippen LogP contribution in [0.15, 0.2) is 11.1 Å². The van der Waals surface area contributed by atoms with Gasteiger partial charge in [0, 0.05) is 13.5 Å². The van der Waals surface area contributed by atoms with E-state index in [1.165, 1.54) is 15.6 Å². The molecule has 2 N–H and O–H groups in total. The molecule has 0 fully saturated rings. The van der Waals surface area contributed by atoms with Crippen LogP contribution < -0.4 is 11.4 Å². The number of nitrogens with zero attached hydrogens (tertiary/aromatic N) is 3. The monoisotopic (exact) mass is 186 g/mol. The maximum atomic E-state index is 11.2. The topological polar surface area (TPSA) is 65.8 Å². The first kappa shape index (κ1) is 8.92. The Hall–Kier alpha value is -1.17. The summed E-state index contributed by atoms with van der Waals surface area (Å²) in [4.78, 5) is 11.6. The van der Waals surface area contributed by atoms with Gasteiger partial charge in [0.25, 0.3) is 0 Å². The highest BCUT2D eigenvalue weighted by atomic mass is 32.1. The summed E-state index contributed by atoms with van der Waals surface area (Å²) in [6.07, 6.45) is 1.97. The Balaban J connectivity index is 2.70. The van der Waals surface area contributed by atoms with Crippen molar-refractivity contribution in [3.05, 3.63) is 16.8 Å². The summed E-state index contributed by atoms with van der Waals surface area (Å²) in [5.74, 6) is 0.